The minimum absolute atomic E-state index is 0.165. The van der Waals surface area contributed by atoms with Crippen molar-refractivity contribution in [2.75, 3.05) is 7.11 Å². The van der Waals surface area contributed by atoms with Gasteiger partial charge in [0.15, 0.2) is 0 Å². The Balaban J connectivity index is 1.73. The number of hydrogen-bond acceptors (Lipinski definition) is 7. The van der Waals surface area contributed by atoms with Gasteiger partial charge in [0.1, 0.15) is 17.0 Å². The fraction of sp³-hybridized carbons (Fsp3) is 0.100. The van der Waals surface area contributed by atoms with Gasteiger partial charge in [-0.2, -0.15) is 8.42 Å². The smallest absolute Gasteiger partial charge is 0.297 e. The van der Waals surface area contributed by atoms with Gasteiger partial charge in [-0.05, 0) is 30.3 Å². The van der Waals surface area contributed by atoms with Crippen molar-refractivity contribution in [1.29, 1.82) is 0 Å². The van der Waals surface area contributed by atoms with Crippen molar-refractivity contribution in [3.63, 3.8) is 0 Å². The molecule has 0 bridgehead atoms. The molecule has 4 rings (SSSR count). The normalized spacial score (nSPS) is 11.6. The van der Waals surface area contributed by atoms with E-state index in [1.807, 2.05) is 4.72 Å². The lowest BCUT2D eigenvalue weighted by atomic mass is 10.2. The predicted molar refractivity (Wildman–Crippen MR) is 104 cm³/mol. The molecule has 0 saturated heterocycles. The van der Waals surface area contributed by atoms with Crippen LogP contribution in [0.25, 0.3) is 21.9 Å². The topological polar surface area (TPSA) is 131 Å². The van der Waals surface area contributed by atoms with Crippen LogP contribution in [-0.4, -0.2) is 32.0 Å². The first kappa shape index (κ1) is 19.5. The quantitative estimate of drug-likeness (QED) is 0.490. The Labute approximate surface area is 170 Å². The molecule has 0 unspecified atom stereocenters. The second-order valence-electron chi connectivity index (χ2n) is 6.45. The number of benzene rings is 2. The zero-order valence-electron chi connectivity index (χ0n) is 15.6. The molecule has 30 heavy (non-hydrogen) atoms. The molecule has 0 spiro atoms. The van der Waals surface area contributed by atoms with E-state index in [2.05, 4.69) is 0 Å². The number of carbonyl (C=O) groups excluding carboxylic acids is 2. The van der Waals surface area contributed by atoms with E-state index in [4.69, 9.17) is 9.15 Å². The van der Waals surface area contributed by atoms with Crippen molar-refractivity contribution in [3.8, 4) is 5.75 Å². The lowest BCUT2D eigenvalue weighted by Crippen LogP contribution is -2.34. The average molecular weight is 427 g/mol. The number of fused-ring (bicyclic) bond motifs is 2. The summed E-state index contributed by atoms with van der Waals surface area (Å²) in [5.41, 5.74) is 0.594. The Morgan fingerprint density at radius 1 is 1.10 bits per heavy atom. The maximum Gasteiger partial charge on any atom is 0.297 e. The van der Waals surface area contributed by atoms with E-state index in [1.165, 1.54) is 19.2 Å². The molecule has 0 fully saturated rings. The standard InChI is InChI=1S/C20H16N2O7S/c1-28-14-6-7-15-13(8-14)9-16(22(15)11-18(23)24)20(25)21-30(26,27)19-10-12-4-2-3-5-17(12)29-19/h2-10H,11H2,1H3,(H,21,25)(H,23,24)/p-1. The third-order valence-electron chi connectivity index (χ3n) is 4.52. The van der Waals surface area contributed by atoms with Gasteiger partial charge < -0.3 is 23.6 Å². The lowest BCUT2D eigenvalue weighted by Gasteiger charge is -2.11. The summed E-state index contributed by atoms with van der Waals surface area (Å²) in [4.78, 5) is 24.0. The lowest BCUT2D eigenvalue weighted by molar-refractivity contribution is -0.306. The van der Waals surface area contributed by atoms with Crippen LogP contribution in [-0.2, 0) is 21.4 Å². The summed E-state index contributed by atoms with van der Waals surface area (Å²) in [5.74, 6) is -1.95. The number of carboxylic acids is 1. The van der Waals surface area contributed by atoms with Crippen molar-refractivity contribution < 1.29 is 32.3 Å². The molecule has 2 aromatic heterocycles. The van der Waals surface area contributed by atoms with Gasteiger partial charge in [-0.25, -0.2) is 4.72 Å². The van der Waals surface area contributed by atoms with Crippen molar-refractivity contribution in [1.82, 2.24) is 9.29 Å². The highest BCUT2D eigenvalue weighted by atomic mass is 32.2. The first-order valence-corrected chi connectivity index (χ1v) is 10.2. The first-order valence-electron chi connectivity index (χ1n) is 8.71. The molecule has 0 atom stereocenters. The highest BCUT2D eigenvalue weighted by Gasteiger charge is 2.25. The van der Waals surface area contributed by atoms with Crippen molar-refractivity contribution in [2.45, 2.75) is 11.6 Å². The van der Waals surface area contributed by atoms with Gasteiger partial charge in [0.25, 0.3) is 15.9 Å². The fourth-order valence-corrected chi connectivity index (χ4v) is 4.11. The molecule has 0 radical (unpaired) electrons. The largest absolute Gasteiger partial charge is 0.548 e. The second kappa shape index (κ2) is 7.23. The van der Waals surface area contributed by atoms with Crippen molar-refractivity contribution >= 4 is 43.8 Å². The molecule has 4 aromatic rings. The number of amides is 1. The van der Waals surface area contributed by atoms with Crippen LogP contribution in [0.1, 0.15) is 10.5 Å². The number of sulfonamides is 1. The monoisotopic (exact) mass is 427 g/mol. The van der Waals surface area contributed by atoms with Crippen LogP contribution in [0.5, 0.6) is 5.75 Å². The Hall–Kier alpha value is -3.79. The van der Waals surface area contributed by atoms with Gasteiger partial charge in [-0.15, -0.1) is 0 Å². The summed E-state index contributed by atoms with van der Waals surface area (Å²) < 4.78 is 38.8. The Morgan fingerprint density at radius 2 is 1.87 bits per heavy atom. The Kier molecular flexibility index (Phi) is 4.70. The van der Waals surface area contributed by atoms with E-state index >= 15 is 0 Å². The number of aliphatic carboxylic acids is 1. The second-order valence-corrected chi connectivity index (χ2v) is 8.06. The van der Waals surface area contributed by atoms with Gasteiger partial charge in [0, 0.05) is 22.4 Å². The number of carbonyl (C=O) groups is 2. The maximum atomic E-state index is 12.8. The SMILES string of the molecule is COc1ccc2c(c1)cc(C(=O)NS(=O)(=O)c1cc3ccccc3o1)n2CC(=O)[O-]. The third kappa shape index (κ3) is 3.48. The van der Waals surface area contributed by atoms with E-state index in [0.717, 1.165) is 4.57 Å². The summed E-state index contributed by atoms with van der Waals surface area (Å²) in [6, 6.07) is 14.1. The number of ether oxygens (including phenoxy) is 1. The molecule has 0 aliphatic rings. The number of rotatable bonds is 6. The number of hydrogen-bond donors (Lipinski definition) is 1. The highest BCUT2D eigenvalue weighted by Crippen LogP contribution is 2.26. The van der Waals surface area contributed by atoms with E-state index < -0.39 is 33.5 Å². The van der Waals surface area contributed by atoms with Crippen LogP contribution in [0.2, 0.25) is 0 Å². The van der Waals surface area contributed by atoms with Gasteiger partial charge in [-0.1, -0.05) is 18.2 Å². The van der Waals surface area contributed by atoms with Crippen LogP contribution in [0.3, 0.4) is 0 Å². The minimum Gasteiger partial charge on any atom is -0.548 e. The molecule has 9 nitrogen and oxygen atoms in total. The Morgan fingerprint density at radius 3 is 2.57 bits per heavy atom. The number of methoxy groups -OCH3 is 1. The summed E-state index contributed by atoms with van der Waals surface area (Å²) >= 11 is 0. The minimum atomic E-state index is -4.33. The molecule has 2 aromatic carbocycles. The van der Waals surface area contributed by atoms with E-state index in [0.29, 0.717) is 27.6 Å². The summed E-state index contributed by atoms with van der Waals surface area (Å²) in [5, 5.41) is 11.8. The van der Waals surface area contributed by atoms with E-state index in [9.17, 15) is 23.1 Å². The van der Waals surface area contributed by atoms with Gasteiger partial charge in [0.05, 0.1) is 19.6 Å². The summed E-state index contributed by atoms with van der Waals surface area (Å²) in [6.07, 6.45) is 0. The average Bonchev–Trinajstić information content (AvgIpc) is 3.29. The van der Waals surface area contributed by atoms with Gasteiger partial charge in [-0.3, -0.25) is 4.79 Å². The van der Waals surface area contributed by atoms with Crippen LogP contribution in [0, 0.1) is 0 Å². The van der Waals surface area contributed by atoms with Crippen LogP contribution < -0.4 is 14.6 Å². The molecule has 154 valence electrons. The molecule has 0 aliphatic heterocycles. The van der Waals surface area contributed by atoms with Crippen molar-refractivity contribution in [3.05, 3.63) is 60.3 Å². The van der Waals surface area contributed by atoms with Crippen LogP contribution >= 0.6 is 0 Å². The molecular formula is C20H15N2O7S-. The molecule has 1 amide bonds. The van der Waals surface area contributed by atoms with Gasteiger partial charge in [0.2, 0.25) is 5.09 Å². The number of aromatic nitrogens is 1. The number of nitrogens with zero attached hydrogens (tertiary/aromatic N) is 1. The predicted octanol–water partition coefficient (Wildman–Crippen LogP) is 1.26. The molecule has 2 heterocycles. The Bertz CT molecular complexity index is 1370. The van der Waals surface area contributed by atoms with E-state index in [-0.39, 0.29) is 5.69 Å². The zero-order chi connectivity index (χ0) is 21.5. The molecule has 10 heteroatoms. The molecule has 0 saturated carbocycles. The van der Waals surface area contributed by atoms with Crippen LogP contribution in [0.4, 0.5) is 0 Å². The van der Waals surface area contributed by atoms with Crippen molar-refractivity contribution in [2.24, 2.45) is 0 Å². The third-order valence-corrected chi connectivity index (χ3v) is 5.71. The number of para-hydroxylation sites is 1. The first-order chi connectivity index (χ1) is 14.3. The van der Waals surface area contributed by atoms with E-state index in [1.54, 1.807) is 42.5 Å². The maximum absolute atomic E-state index is 12.8. The molecule has 1 N–H and O–H groups in total. The van der Waals surface area contributed by atoms with Crippen LogP contribution in [0.15, 0.2) is 64.1 Å². The number of furan rings is 1. The number of nitrogens with one attached hydrogen (secondary N) is 1. The molecular weight excluding hydrogens is 412 g/mol. The summed E-state index contributed by atoms with van der Waals surface area (Å²) in [6.45, 7) is -0.636. The molecule has 0 aliphatic carbocycles. The highest BCUT2D eigenvalue weighted by molar-refractivity contribution is 7.90. The zero-order valence-corrected chi connectivity index (χ0v) is 16.4. The fourth-order valence-electron chi connectivity index (χ4n) is 3.18. The number of carboxylic acid groups (broad SMARTS) is 1. The van der Waals surface area contributed by atoms with Gasteiger partial charge >= 0.3 is 0 Å². The summed E-state index contributed by atoms with van der Waals surface area (Å²) in [7, 11) is -2.87.